The number of ether oxygens (including phenoxy) is 1. The normalized spacial score (nSPS) is 19.2. The van der Waals surface area contributed by atoms with Crippen LogP contribution in [0.15, 0.2) is 30.3 Å². The Morgan fingerprint density at radius 1 is 0.967 bits per heavy atom. The van der Waals surface area contributed by atoms with Crippen LogP contribution in [0, 0.1) is 5.92 Å². The van der Waals surface area contributed by atoms with Crippen LogP contribution in [0.2, 0.25) is 0 Å². The van der Waals surface area contributed by atoms with Crippen molar-refractivity contribution >= 4 is 11.9 Å². The molecule has 2 aliphatic rings. The lowest BCUT2D eigenvalue weighted by Gasteiger charge is -2.34. The van der Waals surface area contributed by atoms with Crippen molar-refractivity contribution in [3.05, 3.63) is 35.9 Å². The van der Waals surface area contributed by atoms with Gasteiger partial charge in [0.15, 0.2) is 0 Å². The van der Waals surface area contributed by atoms with Crippen LogP contribution in [0.4, 0.5) is 0 Å². The van der Waals surface area contributed by atoms with Gasteiger partial charge < -0.3 is 15.4 Å². The van der Waals surface area contributed by atoms with Crippen LogP contribution in [0.25, 0.3) is 0 Å². The molecule has 0 spiro atoms. The molecular weight excluding hydrogens is 376 g/mol. The number of nitrogens with zero attached hydrogens (tertiary/aromatic N) is 1. The van der Waals surface area contributed by atoms with Crippen LogP contribution >= 0.6 is 0 Å². The van der Waals surface area contributed by atoms with Gasteiger partial charge in [-0.15, -0.1) is 0 Å². The molecule has 5 nitrogen and oxygen atoms in total. The standard InChI is InChI=1S/C25H38N2O3/c26-23(21-12-6-2-7-13-21)16-17-24(28)27(22-14-8-3-9-15-22)18-25(29)30-19-20-10-4-1-5-11-20/h1,4-5,10-11,21-23H,2-3,6-9,12-19,26H2/t23-/m0/s1. The SMILES string of the molecule is N[C@@H](CCC(=O)N(CC(=O)OCc1ccccc1)C1CCCCC1)C1CCCCC1. The highest BCUT2D eigenvalue weighted by molar-refractivity contribution is 5.82. The van der Waals surface area contributed by atoms with Crippen molar-refractivity contribution < 1.29 is 14.3 Å². The van der Waals surface area contributed by atoms with Crippen molar-refractivity contribution in [2.24, 2.45) is 11.7 Å². The minimum atomic E-state index is -0.325. The van der Waals surface area contributed by atoms with Gasteiger partial charge in [-0.05, 0) is 43.6 Å². The minimum Gasteiger partial charge on any atom is -0.459 e. The first-order valence-corrected chi connectivity index (χ1v) is 11.9. The third-order valence-electron chi connectivity index (χ3n) is 6.82. The largest absolute Gasteiger partial charge is 0.459 e. The maximum atomic E-state index is 13.1. The molecule has 2 N–H and O–H groups in total. The summed E-state index contributed by atoms with van der Waals surface area (Å²) in [6.45, 7) is 0.300. The van der Waals surface area contributed by atoms with E-state index in [0.717, 1.165) is 31.2 Å². The van der Waals surface area contributed by atoms with Gasteiger partial charge in [0.05, 0.1) is 0 Å². The quantitative estimate of drug-likeness (QED) is 0.600. The second-order valence-corrected chi connectivity index (χ2v) is 9.06. The van der Waals surface area contributed by atoms with E-state index in [4.69, 9.17) is 10.5 Å². The minimum absolute atomic E-state index is 0.0506. The van der Waals surface area contributed by atoms with Gasteiger partial charge in [-0.25, -0.2) is 0 Å². The maximum absolute atomic E-state index is 13.1. The van der Waals surface area contributed by atoms with Crippen LogP contribution in [0.1, 0.15) is 82.6 Å². The van der Waals surface area contributed by atoms with Crippen LogP contribution in [0.5, 0.6) is 0 Å². The van der Waals surface area contributed by atoms with E-state index < -0.39 is 0 Å². The van der Waals surface area contributed by atoms with E-state index in [-0.39, 0.29) is 37.1 Å². The van der Waals surface area contributed by atoms with E-state index in [0.29, 0.717) is 18.8 Å². The van der Waals surface area contributed by atoms with E-state index in [2.05, 4.69) is 0 Å². The molecule has 1 atom stereocenters. The molecule has 1 aromatic carbocycles. The van der Waals surface area contributed by atoms with E-state index >= 15 is 0 Å². The van der Waals surface area contributed by atoms with Crippen molar-refractivity contribution in [1.29, 1.82) is 0 Å². The van der Waals surface area contributed by atoms with E-state index in [1.807, 2.05) is 30.3 Å². The molecule has 166 valence electrons. The fraction of sp³-hybridized carbons (Fsp3) is 0.680. The van der Waals surface area contributed by atoms with Gasteiger partial charge in [-0.1, -0.05) is 68.9 Å². The zero-order chi connectivity index (χ0) is 21.2. The Morgan fingerprint density at radius 3 is 2.27 bits per heavy atom. The summed E-state index contributed by atoms with van der Waals surface area (Å²) in [5, 5.41) is 0. The lowest BCUT2D eigenvalue weighted by molar-refractivity contribution is -0.152. The summed E-state index contributed by atoms with van der Waals surface area (Å²) in [5.74, 6) is 0.282. The van der Waals surface area contributed by atoms with Crippen LogP contribution in [-0.4, -0.2) is 35.4 Å². The summed E-state index contributed by atoms with van der Waals surface area (Å²) in [4.78, 5) is 27.4. The second-order valence-electron chi connectivity index (χ2n) is 9.06. The number of esters is 1. The zero-order valence-corrected chi connectivity index (χ0v) is 18.3. The summed E-state index contributed by atoms with van der Waals surface area (Å²) in [5.41, 5.74) is 7.38. The second kappa shape index (κ2) is 12.1. The molecule has 5 heteroatoms. The molecule has 3 rings (SSSR count). The summed E-state index contributed by atoms with van der Waals surface area (Å²) in [6, 6.07) is 9.91. The molecule has 2 saturated carbocycles. The molecule has 1 aromatic rings. The van der Waals surface area contributed by atoms with Gasteiger partial charge in [0.25, 0.3) is 0 Å². The van der Waals surface area contributed by atoms with Crippen molar-refractivity contribution in [2.45, 2.75) is 95.7 Å². The Labute approximate surface area is 181 Å². The molecule has 0 aromatic heterocycles. The average molecular weight is 415 g/mol. The molecule has 2 fully saturated rings. The molecule has 0 bridgehead atoms. The van der Waals surface area contributed by atoms with Crippen LogP contribution < -0.4 is 5.73 Å². The fourth-order valence-corrected chi connectivity index (χ4v) is 4.97. The Morgan fingerprint density at radius 2 is 1.60 bits per heavy atom. The highest BCUT2D eigenvalue weighted by atomic mass is 16.5. The first-order valence-electron chi connectivity index (χ1n) is 11.9. The highest BCUT2D eigenvalue weighted by Gasteiger charge is 2.29. The van der Waals surface area contributed by atoms with Gasteiger partial charge in [-0.3, -0.25) is 9.59 Å². The number of benzene rings is 1. The predicted molar refractivity (Wildman–Crippen MR) is 119 cm³/mol. The zero-order valence-electron chi connectivity index (χ0n) is 18.3. The monoisotopic (exact) mass is 414 g/mol. The number of hydrogen-bond acceptors (Lipinski definition) is 4. The molecule has 0 saturated heterocycles. The topological polar surface area (TPSA) is 72.6 Å². The van der Waals surface area contributed by atoms with Crippen molar-refractivity contribution in [1.82, 2.24) is 4.90 Å². The van der Waals surface area contributed by atoms with Gasteiger partial charge in [-0.2, -0.15) is 0 Å². The van der Waals surface area contributed by atoms with Crippen molar-refractivity contribution in [2.75, 3.05) is 6.54 Å². The molecular formula is C25H38N2O3. The number of nitrogens with two attached hydrogens (primary N) is 1. The molecule has 1 amide bonds. The lowest BCUT2D eigenvalue weighted by Crippen LogP contribution is -2.45. The van der Waals surface area contributed by atoms with Gasteiger partial charge in [0.1, 0.15) is 13.2 Å². The molecule has 0 aliphatic heterocycles. The Hall–Kier alpha value is -1.88. The van der Waals surface area contributed by atoms with Crippen LogP contribution in [-0.2, 0) is 20.9 Å². The van der Waals surface area contributed by atoms with Gasteiger partial charge in [0, 0.05) is 18.5 Å². The Bertz CT molecular complexity index is 652. The predicted octanol–water partition coefficient (Wildman–Crippen LogP) is 4.58. The van der Waals surface area contributed by atoms with Gasteiger partial charge in [0.2, 0.25) is 5.91 Å². The third-order valence-corrected chi connectivity index (χ3v) is 6.82. The number of rotatable bonds is 9. The van der Waals surface area contributed by atoms with Gasteiger partial charge >= 0.3 is 5.97 Å². The summed E-state index contributed by atoms with van der Waals surface area (Å²) in [7, 11) is 0. The van der Waals surface area contributed by atoms with E-state index in [1.54, 1.807) is 4.90 Å². The van der Waals surface area contributed by atoms with Crippen molar-refractivity contribution in [3.8, 4) is 0 Å². The molecule has 0 radical (unpaired) electrons. The Kier molecular flexibility index (Phi) is 9.19. The van der Waals surface area contributed by atoms with E-state index in [1.165, 1.54) is 38.5 Å². The van der Waals surface area contributed by atoms with E-state index in [9.17, 15) is 9.59 Å². The molecule has 30 heavy (non-hydrogen) atoms. The smallest absolute Gasteiger partial charge is 0.325 e. The summed E-state index contributed by atoms with van der Waals surface area (Å²) < 4.78 is 5.46. The lowest BCUT2D eigenvalue weighted by atomic mass is 9.82. The average Bonchev–Trinajstić information content (AvgIpc) is 2.81. The third kappa shape index (κ3) is 7.12. The first-order chi connectivity index (χ1) is 14.6. The first kappa shape index (κ1) is 22.8. The Balaban J connectivity index is 1.52. The number of amides is 1. The maximum Gasteiger partial charge on any atom is 0.325 e. The number of carbonyl (C=O) groups is 2. The highest BCUT2D eigenvalue weighted by Crippen LogP contribution is 2.28. The van der Waals surface area contributed by atoms with Crippen molar-refractivity contribution in [3.63, 3.8) is 0 Å². The fourth-order valence-electron chi connectivity index (χ4n) is 4.97. The molecule has 0 heterocycles. The number of carbonyl (C=O) groups excluding carboxylic acids is 2. The summed E-state index contributed by atoms with van der Waals surface area (Å²) in [6.07, 6.45) is 12.8. The summed E-state index contributed by atoms with van der Waals surface area (Å²) >= 11 is 0. The number of hydrogen-bond donors (Lipinski definition) is 1. The molecule has 2 aliphatic carbocycles. The van der Waals surface area contributed by atoms with Crippen LogP contribution in [0.3, 0.4) is 0 Å². The molecule has 0 unspecified atom stereocenters.